The molecule has 2 rings (SSSR count). The second-order valence-corrected chi connectivity index (χ2v) is 4.47. The van der Waals surface area contributed by atoms with Gasteiger partial charge < -0.3 is 5.32 Å². The maximum Gasteiger partial charge on any atom is 0.325 e. The van der Waals surface area contributed by atoms with Crippen molar-refractivity contribution in [1.82, 2.24) is 5.32 Å². The second kappa shape index (κ2) is 4.57. The number of carbonyl (C=O) groups is 2. The first-order valence-corrected chi connectivity index (χ1v) is 5.76. The molecule has 3 amide bonds. The van der Waals surface area contributed by atoms with Gasteiger partial charge in [-0.2, -0.15) is 0 Å². The van der Waals surface area contributed by atoms with Crippen molar-refractivity contribution in [2.45, 2.75) is 26.7 Å². The Labute approximate surface area is 100 Å². The molecule has 0 saturated heterocycles. The number of hydrogen-bond acceptors (Lipinski definition) is 2. The van der Waals surface area contributed by atoms with Crippen LogP contribution in [0.15, 0.2) is 18.2 Å². The van der Waals surface area contributed by atoms with Crippen LogP contribution < -0.4 is 10.6 Å². The number of carbonyl (C=O) groups excluding carboxylic acids is 2. The predicted octanol–water partition coefficient (Wildman–Crippen LogP) is 2.36. The SMILES string of the molecule is Cc1cccc(NC(=O)NC(=O)C2CC2)c1C. The first-order valence-electron chi connectivity index (χ1n) is 5.76. The number of rotatable bonds is 2. The molecule has 4 nitrogen and oxygen atoms in total. The predicted molar refractivity (Wildman–Crippen MR) is 65.8 cm³/mol. The normalized spacial score (nSPS) is 14.2. The van der Waals surface area contributed by atoms with Gasteiger partial charge in [0.05, 0.1) is 0 Å². The van der Waals surface area contributed by atoms with E-state index in [4.69, 9.17) is 0 Å². The smallest absolute Gasteiger partial charge is 0.307 e. The molecule has 0 aliphatic heterocycles. The lowest BCUT2D eigenvalue weighted by atomic mass is 10.1. The molecule has 0 atom stereocenters. The van der Waals surface area contributed by atoms with Gasteiger partial charge in [-0.25, -0.2) is 4.79 Å². The van der Waals surface area contributed by atoms with Crippen LogP contribution in [-0.2, 0) is 4.79 Å². The van der Waals surface area contributed by atoms with Gasteiger partial charge >= 0.3 is 6.03 Å². The van der Waals surface area contributed by atoms with Crippen LogP contribution in [-0.4, -0.2) is 11.9 Å². The Balaban J connectivity index is 1.97. The third-order valence-corrected chi connectivity index (χ3v) is 3.04. The van der Waals surface area contributed by atoms with Crippen LogP contribution in [0.1, 0.15) is 24.0 Å². The molecule has 0 radical (unpaired) electrons. The van der Waals surface area contributed by atoms with Crippen molar-refractivity contribution in [2.24, 2.45) is 5.92 Å². The van der Waals surface area contributed by atoms with Crippen LogP contribution in [0.2, 0.25) is 0 Å². The van der Waals surface area contributed by atoms with Gasteiger partial charge in [0, 0.05) is 11.6 Å². The molecule has 1 aromatic carbocycles. The third-order valence-electron chi connectivity index (χ3n) is 3.04. The van der Waals surface area contributed by atoms with Crippen molar-refractivity contribution in [3.63, 3.8) is 0 Å². The van der Waals surface area contributed by atoms with Gasteiger partial charge in [0.2, 0.25) is 5.91 Å². The van der Waals surface area contributed by atoms with E-state index in [0.717, 1.165) is 29.7 Å². The fourth-order valence-corrected chi connectivity index (χ4v) is 1.60. The zero-order valence-electron chi connectivity index (χ0n) is 10.0. The van der Waals surface area contributed by atoms with Crippen molar-refractivity contribution in [2.75, 3.05) is 5.32 Å². The highest BCUT2D eigenvalue weighted by molar-refractivity contribution is 6.02. The summed E-state index contributed by atoms with van der Waals surface area (Å²) in [6.07, 6.45) is 1.78. The van der Waals surface area contributed by atoms with Gasteiger partial charge in [0.1, 0.15) is 0 Å². The van der Waals surface area contributed by atoms with E-state index in [1.807, 2.05) is 32.0 Å². The number of urea groups is 1. The first-order chi connectivity index (χ1) is 8.08. The van der Waals surface area contributed by atoms with E-state index in [1.54, 1.807) is 0 Å². The molecular weight excluding hydrogens is 216 g/mol. The summed E-state index contributed by atoms with van der Waals surface area (Å²) >= 11 is 0. The van der Waals surface area contributed by atoms with E-state index in [0.29, 0.717) is 0 Å². The van der Waals surface area contributed by atoms with Gasteiger partial charge in [0.25, 0.3) is 0 Å². The van der Waals surface area contributed by atoms with Crippen molar-refractivity contribution in [1.29, 1.82) is 0 Å². The lowest BCUT2D eigenvalue weighted by Gasteiger charge is -2.10. The number of amides is 3. The average Bonchev–Trinajstić information content (AvgIpc) is 3.08. The minimum absolute atomic E-state index is 0.0411. The average molecular weight is 232 g/mol. The fourth-order valence-electron chi connectivity index (χ4n) is 1.60. The van der Waals surface area contributed by atoms with Gasteiger partial charge in [0.15, 0.2) is 0 Å². The van der Waals surface area contributed by atoms with Crippen LogP contribution in [0.25, 0.3) is 0 Å². The number of nitrogens with one attached hydrogen (secondary N) is 2. The van der Waals surface area contributed by atoms with Crippen molar-refractivity contribution < 1.29 is 9.59 Å². The molecular formula is C13H16N2O2. The standard InChI is InChI=1S/C13H16N2O2/c1-8-4-3-5-11(9(8)2)14-13(17)15-12(16)10-6-7-10/h3-5,10H,6-7H2,1-2H3,(H2,14,15,16,17). The Kier molecular flexibility index (Phi) is 3.13. The van der Waals surface area contributed by atoms with Crippen molar-refractivity contribution in [3.8, 4) is 0 Å². The molecule has 90 valence electrons. The van der Waals surface area contributed by atoms with E-state index in [2.05, 4.69) is 10.6 Å². The molecule has 1 fully saturated rings. The summed E-state index contributed by atoms with van der Waals surface area (Å²) in [7, 11) is 0. The summed E-state index contributed by atoms with van der Waals surface area (Å²) in [5.41, 5.74) is 2.86. The summed E-state index contributed by atoms with van der Waals surface area (Å²) < 4.78 is 0. The molecule has 4 heteroatoms. The summed E-state index contributed by atoms with van der Waals surface area (Å²) in [4.78, 5) is 23.0. The highest BCUT2D eigenvalue weighted by Gasteiger charge is 2.30. The molecule has 0 unspecified atom stereocenters. The second-order valence-electron chi connectivity index (χ2n) is 4.47. The number of imide groups is 1. The topological polar surface area (TPSA) is 58.2 Å². The summed E-state index contributed by atoms with van der Waals surface area (Å²) in [5, 5.41) is 5.04. The Morgan fingerprint density at radius 2 is 1.94 bits per heavy atom. The molecule has 1 aliphatic carbocycles. The highest BCUT2D eigenvalue weighted by atomic mass is 16.2. The van der Waals surface area contributed by atoms with E-state index in [9.17, 15) is 9.59 Å². The molecule has 0 bridgehead atoms. The molecule has 2 N–H and O–H groups in total. The quantitative estimate of drug-likeness (QED) is 0.822. The molecule has 0 heterocycles. The zero-order valence-corrected chi connectivity index (χ0v) is 10.0. The maximum atomic E-state index is 11.6. The van der Waals surface area contributed by atoms with E-state index in [1.165, 1.54) is 0 Å². The number of benzene rings is 1. The van der Waals surface area contributed by atoms with E-state index in [-0.39, 0.29) is 11.8 Å². The molecule has 1 aliphatic rings. The van der Waals surface area contributed by atoms with Gasteiger partial charge in [-0.3, -0.25) is 10.1 Å². The number of hydrogen-bond donors (Lipinski definition) is 2. The lowest BCUT2D eigenvalue weighted by molar-refractivity contribution is -0.121. The molecule has 1 aromatic rings. The monoisotopic (exact) mass is 232 g/mol. The first kappa shape index (κ1) is 11.6. The summed E-state index contributed by atoms with van der Waals surface area (Å²) in [6.45, 7) is 3.92. The maximum absolute atomic E-state index is 11.6. The Hall–Kier alpha value is -1.84. The largest absolute Gasteiger partial charge is 0.325 e. The minimum Gasteiger partial charge on any atom is -0.307 e. The molecule has 1 saturated carbocycles. The molecule has 0 spiro atoms. The summed E-state index contributed by atoms with van der Waals surface area (Å²) in [6, 6.07) is 5.23. The third kappa shape index (κ3) is 2.84. The van der Waals surface area contributed by atoms with Crippen LogP contribution in [0.3, 0.4) is 0 Å². The fraction of sp³-hybridized carbons (Fsp3) is 0.385. The van der Waals surface area contributed by atoms with Gasteiger partial charge in [-0.15, -0.1) is 0 Å². The highest BCUT2D eigenvalue weighted by Crippen LogP contribution is 2.28. The Morgan fingerprint density at radius 3 is 2.59 bits per heavy atom. The molecule has 0 aromatic heterocycles. The van der Waals surface area contributed by atoms with E-state index < -0.39 is 6.03 Å². The van der Waals surface area contributed by atoms with Crippen molar-refractivity contribution in [3.05, 3.63) is 29.3 Å². The van der Waals surface area contributed by atoms with Crippen LogP contribution in [0, 0.1) is 19.8 Å². The number of aryl methyl sites for hydroxylation is 1. The van der Waals surface area contributed by atoms with Crippen LogP contribution in [0.5, 0.6) is 0 Å². The van der Waals surface area contributed by atoms with Gasteiger partial charge in [-0.1, -0.05) is 12.1 Å². The summed E-state index contributed by atoms with van der Waals surface area (Å²) in [5.74, 6) is -0.132. The van der Waals surface area contributed by atoms with Crippen molar-refractivity contribution >= 4 is 17.6 Å². The molecule has 17 heavy (non-hydrogen) atoms. The Morgan fingerprint density at radius 1 is 1.24 bits per heavy atom. The Bertz CT molecular complexity index is 464. The van der Waals surface area contributed by atoms with Crippen LogP contribution in [0.4, 0.5) is 10.5 Å². The number of anilines is 1. The lowest BCUT2D eigenvalue weighted by Crippen LogP contribution is -2.35. The zero-order chi connectivity index (χ0) is 12.4. The minimum atomic E-state index is -0.449. The van der Waals surface area contributed by atoms with Crippen LogP contribution >= 0.6 is 0 Å². The van der Waals surface area contributed by atoms with E-state index >= 15 is 0 Å². The van der Waals surface area contributed by atoms with Gasteiger partial charge in [-0.05, 0) is 43.9 Å².